The predicted molar refractivity (Wildman–Crippen MR) is 96.8 cm³/mol. The van der Waals surface area contributed by atoms with E-state index in [4.69, 9.17) is 0 Å². The number of hydrogen-bond acceptors (Lipinski definition) is 3. The molecule has 0 spiro atoms. The van der Waals surface area contributed by atoms with Gasteiger partial charge in [0.2, 0.25) is 0 Å². The van der Waals surface area contributed by atoms with Crippen LogP contribution in [0, 0.1) is 5.92 Å². The Bertz CT molecular complexity index is 809. The van der Waals surface area contributed by atoms with Crippen LogP contribution in [-0.4, -0.2) is 44.8 Å². The Labute approximate surface area is 152 Å². The summed E-state index contributed by atoms with van der Waals surface area (Å²) in [4.78, 5) is 26.0. The summed E-state index contributed by atoms with van der Waals surface area (Å²) >= 11 is 0. The van der Waals surface area contributed by atoms with Crippen molar-refractivity contribution in [2.24, 2.45) is 5.92 Å². The number of carbonyl (C=O) groups is 2. The Balaban J connectivity index is 1.70. The van der Waals surface area contributed by atoms with Crippen LogP contribution in [0.4, 0.5) is 0 Å². The lowest BCUT2D eigenvalue weighted by Crippen LogP contribution is -2.30. The van der Waals surface area contributed by atoms with Gasteiger partial charge < -0.3 is 10.0 Å². The second-order valence-corrected chi connectivity index (χ2v) is 7.23. The van der Waals surface area contributed by atoms with Crippen molar-refractivity contribution in [1.82, 2.24) is 14.7 Å². The van der Waals surface area contributed by atoms with Crippen LogP contribution in [0.25, 0.3) is 11.3 Å². The number of aliphatic carboxylic acids is 1. The number of hydrogen-bond donors (Lipinski definition) is 1. The van der Waals surface area contributed by atoms with E-state index in [0.29, 0.717) is 24.6 Å². The van der Waals surface area contributed by atoms with Crippen LogP contribution in [-0.2, 0) is 4.79 Å². The smallest absolute Gasteiger partial charge is 0.308 e. The largest absolute Gasteiger partial charge is 0.481 e. The van der Waals surface area contributed by atoms with Gasteiger partial charge >= 0.3 is 5.97 Å². The Morgan fingerprint density at radius 2 is 1.81 bits per heavy atom. The zero-order valence-electron chi connectivity index (χ0n) is 14.7. The van der Waals surface area contributed by atoms with E-state index in [0.717, 1.165) is 24.1 Å². The normalized spacial score (nSPS) is 20.6. The van der Waals surface area contributed by atoms with Gasteiger partial charge in [0.25, 0.3) is 5.91 Å². The van der Waals surface area contributed by atoms with E-state index < -0.39 is 11.9 Å². The summed E-state index contributed by atoms with van der Waals surface area (Å²) in [6, 6.07) is 10.2. The molecule has 0 bridgehead atoms. The lowest BCUT2D eigenvalue weighted by molar-refractivity contribution is -0.141. The van der Waals surface area contributed by atoms with Crippen LogP contribution in [0.15, 0.2) is 36.5 Å². The monoisotopic (exact) mass is 353 g/mol. The molecular weight excluding hydrogens is 330 g/mol. The van der Waals surface area contributed by atoms with Gasteiger partial charge in [0.15, 0.2) is 0 Å². The third-order valence-corrected chi connectivity index (χ3v) is 5.57. The maximum Gasteiger partial charge on any atom is 0.308 e. The van der Waals surface area contributed by atoms with E-state index >= 15 is 0 Å². The maximum atomic E-state index is 13.1. The molecule has 1 aromatic carbocycles. The minimum atomic E-state index is -0.828. The van der Waals surface area contributed by atoms with Crippen LogP contribution in [0.5, 0.6) is 0 Å². The Morgan fingerprint density at radius 1 is 1.08 bits per heavy atom. The van der Waals surface area contributed by atoms with Gasteiger partial charge in [-0.15, -0.1) is 0 Å². The minimum Gasteiger partial charge on any atom is -0.481 e. The molecule has 136 valence electrons. The topological polar surface area (TPSA) is 75.4 Å². The van der Waals surface area contributed by atoms with Gasteiger partial charge in [-0.05, 0) is 19.3 Å². The van der Waals surface area contributed by atoms with Crippen LogP contribution in [0.3, 0.4) is 0 Å². The number of carboxylic acids is 1. The van der Waals surface area contributed by atoms with Gasteiger partial charge in [0.1, 0.15) is 0 Å². The summed E-state index contributed by atoms with van der Waals surface area (Å²) in [5.41, 5.74) is 2.42. The molecule has 6 heteroatoms. The van der Waals surface area contributed by atoms with E-state index in [2.05, 4.69) is 5.10 Å². The summed E-state index contributed by atoms with van der Waals surface area (Å²) in [5.74, 6) is -1.41. The van der Waals surface area contributed by atoms with Crippen molar-refractivity contribution < 1.29 is 14.7 Å². The quantitative estimate of drug-likeness (QED) is 0.916. The molecule has 2 aliphatic rings. The van der Waals surface area contributed by atoms with E-state index in [1.807, 2.05) is 35.0 Å². The van der Waals surface area contributed by atoms with Crippen molar-refractivity contribution in [1.29, 1.82) is 0 Å². The maximum absolute atomic E-state index is 13.1. The molecule has 1 unspecified atom stereocenters. The highest BCUT2D eigenvalue weighted by Crippen LogP contribution is 2.35. The second kappa shape index (κ2) is 6.94. The van der Waals surface area contributed by atoms with Crippen LogP contribution in [0.2, 0.25) is 0 Å². The first-order valence-electron chi connectivity index (χ1n) is 9.30. The van der Waals surface area contributed by atoms with Crippen molar-refractivity contribution in [3.63, 3.8) is 0 Å². The highest BCUT2D eigenvalue weighted by Gasteiger charge is 2.34. The number of carbonyl (C=O) groups excluding carboxylic acids is 1. The summed E-state index contributed by atoms with van der Waals surface area (Å²) in [7, 11) is 0. The van der Waals surface area contributed by atoms with Crippen molar-refractivity contribution in [3.8, 4) is 11.3 Å². The SMILES string of the molecule is O=C(O)C1CCN(C(=O)c2cnn(C3CCCC3)c2-c2ccccc2)C1. The molecule has 1 saturated heterocycles. The molecule has 1 aromatic heterocycles. The number of aromatic nitrogens is 2. The Hall–Kier alpha value is -2.63. The van der Waals surface area contributed by atoms with Crippen molar-refractivity contribution >= 4 is 11.9 Å². The fourth-order valence-electron chi connectivity index (χ4n) is 4.14. The van der Waals surface area contributed by atoms with Crippen molar-refractivity contribution in [2.75, 3.05) is 13.1 Å². The average Bonchev–Trinajstić information content (AvgIpc) is 3.41. The molecule has 26 heavy (non-hydrogen) atoms. The van der Waals surface area contributed by atoms with Gasteiger partial charge in [-0.3, -0.25) is 14.3 Å². The predicted octanol–water partition coefficient (Wildman–Crippen LogP) is 3.21. The molecule has 1 saturated carbocycles. The summed E-state index contributed by atoms with van der Waals surface area (Å²) < 4.78 is 2.01. The van der Waals surface area contributed by atoms with Crippen molar-refractivity contribution in [2.45, 2.75) is 38.1 Å². The molecule has 2 fully saturated rings. The summed E-state index contributed by atoms with van der Waals surface area (Å²) in [5, 5.41) is 13.8. The lowest BCUT2D eigenvalue weighted by atomic mass is 10.1. The van der Waals surface area contributed by atoms with E-state index in [1.54, 1.807) is 11.1 Å². The highest BCUT2D eigenvalue weighted by molar-refractivity contribution is 6.00. The number of rotatable bonds is 4. The fourth-order valence-corrected chi connectivity index (χ4v) is 4.14. The van der Waals surface area contributed by atoms with Gasteiger partial charge in [-0.2, -0.15) is 5.10 Å². The lowest BCUT2D eigenvalue weighted by Gasteiger charge is -2.18. The molecule has 1 amide bonds. The average molecular weight is 353 g/mol. The molecule has 1 N–H and O–H groups in total. The molecule has 0 radical (unpaired) electrons. The van der Waals surface area contributed by atoms with E-state index in [-0.39, 0.29) is 12.5 Å². The van der Waals surface area contributed by atoms with Crippen molar-refractivity contribution in [3.05, 3.63) is 42.1 Å². The van der Waals surface area contributed by atoms with Gasteiger partial charge in [0, 0.05) is 18.7 Å². The molecule has 1 aliphatic heterocycles. The van der Waals surface area contributed by atoms with Gasteiger partial charge in [-0.1, -0.05) is 43.2 Å². The van der Waals surface area contributed by atoms with E-state index in [1.165, 1.54) is 12.8 Å². The molecule has 1 aliphatic carbocycles. The fraction of sp³-hybridized carbons (Fsp3) is 0.450. The van der Waals surface area contributed by atoms with Crippen LogP contribution < -0.4 is 0 Å². The van der Waals surface area contributed by atoms with Gasteiger partial charge in [-0.25, -0.2) is 0 Å². The first-order valence-corrected chi connectivity index (χ1v) is 9.30. The first kappa shape index (κ1) is 16.8. The summed E-state index contributed by atoms with van der Waals surface area (Å²) in [6.07, 6.45) is 6.72. The number of likely N-dealkylation sites (tertiary alicyclic amines) is 1. The zero-order valence-corrected chi connectivity index (χ0v) is 14.7. The number of amides is 1. The first-order chi connectivity index (χ1) is 12.6. The standard InChI is InChI=1S/C20H23N3O3/c24-19(22-11-10-15(13-22)20(25)26)17-12-21-23(16-8-4-5-9-16)18(17)14-6-2-1-3-7-14/h1-3,6-7,12,15-16H,4-5,8-11,13H2,(H,25,26). The third kappa shape index (κ3) is 3.00. The number of nitrogens with zero attached hydrogens (tertiary/aromatic N) is 3. The Kier molecular flexibility index (Phi) is 4.49. The number of carboxylic acid groups (broad SMARTS) is 1. The molecule has 6 nitrogen and oxygen atoms in total. The minimum absolute atomic E-state index is 0.114. The zero-order chi connectivity index (χ0) is 18.1. The molecular formula is C20H23N3O3. The van der Waals surface area contributed by atoms with Crippen LogP contribution in [0.1, 0.15) is 48.5 Å². The van der Waals surface area contributed by atoms with Gasteiger partial charge in [0.05, 0.1) is 29.4 Å². The van der Waals surface area contributed by atoms with Crippen LogP contribution >= 0.6 is 0 Å². The summed E-state index contributed by atoms with van der Waals surface area (Å²) in [6.45, 7) is 0.760. The second-order valence-electron chi connectivity index (χ2n) is 7.23. The highest BCUT2D eigenvalue weighted by atomic mass is 16.4. The number of benzene rings is 1. The molecule has 4 rings (SSSR count). The third-order valence-electron chi connectivity index (χ3n) is 5.57. The molecule has 2 aromatic rings. The van der Waals surface area contributed by atoms with E-state index in [9.17, 15) is 14.7 Å². The Morgan fingerprint density at radius 3 is 2.46 bits per heavy atom. The molecule has 2 heterocycles. The molecule has 1 atom stereocenters.